The molecule has 0 aliphatic rings. The van der Waals surface area contributed by atoms with Gasteiger partial charge in [0.05, 0.1) is 5.56 Å². The topological polar surface area (TPSA) is 31.5 Å². The number of hydrogen-bond donors (Lipinski definition) is 0. The van der Waals surface area contributed by atoms with Crippen molar-refractivity contribution >= 4 is 0 Å². The Morgan fingerprint density at radius 3 is 2.00 bits per heavy atom. The molecule has 68 valence electrons. The molecule has 5 heteroatoms. The lowest BCUT2D eigenvalue weighted by Gasteiger charge is -2.04. The van der Waals surface area contributed by atoms with Gasteiger partial charge in [-0.15, -0.1) is 0 Å². The summed E-state index contributed by atoms with van der Waals surface area (Å²) in [4.78, 5) is 0. The first-order chi connectivity index (χ1) is 5.00. The zero-order valence-corrected chi connectivity index (χ0v) is 5.82. The van der Waals surface area contributed by atoms with Crippen molar-refractivity contribution in [1.29, 1.82) is 0 Å². The van der Waals surface area contributed by atoms with E-state index in [1.807, 2.05) is 0 Å². The van der Waals surface area contributed by atoms with Gasteiger partial charge in [0, 0.05) is 0 Å². The average molecular weight is 182 g/mol. The molecule has 0 aliphatic heterocycles. The standard InChI is InChI=1S/C7H4F4.H2O/c8-6-3-1-2-5(4-6)7(9,10)11;/h1-4H;1H2. The van der Waals surface area contributed by atoms with Crippen molar-refractivity contribution in [2.45, 2.75) is 6.18 Å². The van der Waals surface area contributed by atoms with Gasteiger partial charge in [-0.05, 0) is 18.2 Å². The van der Waals surface area contributed by atoms with E-state index in [2.05, 4.69) is 0 Å². The van der Waals surface area contributed by atoms with E-state index in [0.29, 0.717) is 6.07 Å². The Hall–Kier alpha value is -1.10. The van der Waals surface area contributed by atoms with Crippen molar-refractivity contribution in [2.24, 2.45) is 0 Å². The van der Waals surface area contributed by atoms with E-state index in [-0.39, 0.29) is 5.48 Å². The molecule has 0 saturated carbocycles. The van der Waals surface area contributed by atoms with Crippen molar-refractivity contribution in [3.05, 3.63) is 35.6 Å². The first-order valence-corrected chi connectivity index (χ1v) is 2.83. The molecule has 0 saturated heterocycles. The molecule has 0 fully saturated rings. The third-order valence-corrected chi connectivity index (χ3v) is 1.15. The summed E-state index contributed by atoms with van der Waals surface area (Å²) in [6.07, 6.45) is -4.46. The van der Waals surface area contributed by atoms with Gasteiger partial charge >= 0.3 is 6.18 Å². The third-order valence-electron chi connectivity index (χ3n) is 1.15. The highest BCUT2D eigenvalue weighted by atomic mass is 19.4. The Kier molecular flexibility index (Phi) is 3.21. The molecule has 0 heterocycles. The maximum absolute atomic E-state index is 12.2. The lowest BCUT2D eigenvalue weighted by atomic mass is 10.2. The van der Waals surface area contributed by atoms with Gasteiger partial charge in [0.2, 0.25) is 0 Å². The van der Waals surface area contributed by atoms with Crippen LogP contribution in [0.1, 0.15) is 5.56 Å². The second-order valence-electron chi connectivity index (χ2n) is 2.01. The maximum atomic E-state index is 12.2. The number of alkyl halides is 3. The minimum Gasteiger partial charge on any atom is -0.412 e. The highest BCUT2D eigenvalue weighted by Crippen LogP contribution is 2.28. The Morgan fingerprint density at radius 1 is 1.08 bits per heavy atom. The Morgan fingerprint density at radius 2 is 1.67 bits per heavy atom. The summed E-state index contributed by atoms with van der Waals surface area (Å²) in [5, 5.41) is 0. The molecule has 0 radical (unpaired) electrons. The largest absolute Gasteiger partial charge is 0.416 e. The quantitative estimate of drug-likeness (QED) is 0.550. The van der Waals surface area contributed by atoms with Crippen LogP contribution in [0.2, 0.25) is 0 Å². The van der Waals surface area contributed by atoms with Gasteiger partial charge in [0.25, 0.3) is 0 Å². The first-order valence-electron chi connectivity index (χ1n) is 2.83. The Bertz CT molecular complexity index is 256. The van der Waals surface area contributed by atoms with Gasteiger partial charge in [-0.25, -0.2) is 4.39 Å². The zero-order valence-electron chi connectivity index (χ0n) is 5.82. The van der Waals surface area contributed by atoms with Gasteiger partial charge in [-0.3, -0.25) is 0 Å². The predicted octanol–water partition coefficient (Wildman–Crippen LogP) is 2.02. The highest BCUT2D eigenvalue weighted by Gasteiger charge is 2.30. The van der Waals surface area contributed by atoms with Gasteiger partial charge in [-0.2, -0.15) is 13.2 Å². The molecule has 1 aromatic carbocycles. The van der Waals surface area contributed by atoms with Crippen molar-refractivity contribution in [1.82, 2.24) is 0 Å². The number of hydrogen-bond acceptors (Lipinski definition) is 0. The molecule has 0 aliphatic carbocycles. The molecule has 0 bridgehead atoms. The molecule has 0 unspecified atom stereocenters. The van der Waals surface area contributed by atoms with Crippen LogP contribution in [0.4, 0.5) is 17.6 Å². The monoisotopic (exact) mass is 182 g/mol. The highest BCUT2D eigenvalue weighted by molar-refractivity contribution is 5.18. The molecule has 0 aromatic heterocycles. The van der Waals surface area contributed by atoms with Crippen molar-refractivity contribution < 1.29 is 23.0 Å². The van der Waals surface area contributed by atoms with Crippen LogP contribution < -0.4 is 0 Å². The second kappa shape index (κ2) is 3.53. The molecule has 12 heavy (non-hydrogen) atoms. The molecular formula is C7H6F4O. The van der Waals surface area contributed by atoms with Crippen molar-refractivity contribution in [3.63, 3.8) is 0 Å². The zero-order chi connectivity index (χ0) is 8.48. The Labute approximate surface area is 65.9 Å². The van der Waals surface area contributed by atoms with Crippen LogP contribution in [0.3, 0.4) is 0 Å². The smallest absolute Gasteiger partial charge is 0.412 e. The van der Waals surface area contributed by atoms with E-state index in [4.69, 9.17) is 0 Å². The minimum atomic E-state index is -4.46. The van der Waals surface area contributed by atoms with Crippen LogP contribution in [0, 0.1) is 5.82 Å². The second-order valence-corrected chi connectivity index (χ2v) is 2.01. The molecule has 1 nitrogen and oxygen atoms in total. The van der Waals surface area contributed by atoms with Gasteiger partial charge in [0.1, 0.15) is 5.82 Å². The van der Waals surface area contributed by atoms with Gasteiger partial charge < -0.3 is 5.48 Å². The van der Waals surface area contributed by atoms with Crippen LogP contribution in [-0.4, -0.2) is 5.48 Å². The van der Waals surface area contributed by atoms with Crippen LogP contribution in [0.5, 0.6) is 0 Å². The van der Waals surface area contributed by atoms with Crippen LogP contribution >= 0.6 is 0 Å². The average Bonchev–Trinajstić information content (AvgIpc) is 1.86. The first kappa shape index (κ1) is 10.9. The summed E-state index contributed by atoms with van der Waals surface area (Å²) in [5.41, 5.74) is -0.961. The fraction of sp³-hybridized carbons (Fsp3) is 0.143. The van der Waals surface area contributed by atoms with Crippen LogP contribution in [0.25, 0.3) is 0 Å². The van der Waals surface area contributed by atoms with Crippen molar-refractivity contribution in [3.8, 4) is 0 Å². The summed E-state index contributed by atoms with van der Waals surface area (Å²) >= 11 is 0. The van der Waals surface area contributed by atoms with E-state index in [1.54, 1.807) is 0 Å². The summed E-state index contributed by atoms with van der Waals surface area (Å²) in [7, 11) is 0. The Balaban J connectivity index is 0.00000121. The van der Waals surface area contributed by atoms with E-state index >= 15 is 0 Å². The normalized spacial score (nSPS) is 10.7. The molecule has 2 N–H and O–H groups in total. The molecule has 1 rings (SSSR count). The van der Waals surface area contributed by atoms with Gasteiger partial charge in [0.15, 0.2) is 0 Å². The molecular weight excluding hydrogens is 176 g/mol. The van der Waals surface area contributed by atoms with Crippen molar-refractivity contribution in [2.75, 3.05) is 0 Å². The lowest BCUT2D eigenvalue weighted by Crippen LogP contribution is -2.04. The van der Waals surface area contributed by atoms with E-state index in [0.717, 1.165) is 18.2 Å². The SMILES string of the molecule is Fc1cccc(C(F)(F)F)c1.O. The summed E-state index contributed by atoms with van der Waals surface area (Å²) in [6, 6.07) is 3.27. The fourth-order valence-electron chi connectivity index (χ4n) is 0.665. The van der Waals surface area contributed by atoms with Crippen LogP contribution in [-0.2, 0) is 6.18 Å². The number of benzene rings is 1. The predicted molar refractivity (Wildman–Crippen MR) is 35.0 cm³/mol. The number of rotatable bonds is 0. The third kappa shape index (κ3) is 2.50. The molecule has 0 spiro atoms. The van der Waals surface area contributed by atoms with E-state index < -0.39 is 17.6 Å². The minimum absolute atomic E-state index is 0. The summed E-state index contributed by atoms with van der Waals surface area (Å²) < 4.78 is 47.6. The van der Waals surface area contributed by atoms with E-state index in [1.165, 1.54) is 0 Å². The van der Waals surface area contributed by atoms with E-state index in [9.17, 15) is 17.6 Å². The summed E-state index contributed by atoms with van der Waals surface area (Å²) in [6.45, 7) is 0. The fourth-order valence-corrected chi connectivity index (χ4v) is 0.665. The molecule has 0 atom stereocenters. The maximum Gasteiger partial charge on any atom is 0.416 e. The van der Waals surface area contributed by atoms with Gasteiger partial charge in [-0.1, -0.05) is 6.07 Å². The lowest BCUT2D eigenvalue weighted by molar-refractivity contribution is -0.137. The molecule has 0 amide bonds. The summed E-state index contributed by atoms with van der Waals surface area (Å²) in [5.74, 6) is -0.875. The number of halogens is 4. The van der Waals surface area contributed by atoms with Crippen LogP contribution in [0.15, 0.2) is 24.3 Å². The molecule has 1 aromatic rings.